The molecule has 2 aromatic rings. The van der Waals surface area contributed by atoms with Gasteiger partial charge in [-0.2, -0.15) is 0 Å². The maximum absolute atomic E-state index is 10.9. The highest BCUT2D eigenvalue weighted by Crippen LogP contribution is 2.31. The highest BCUT2D eigenvalue weighted by Gasteiger charge is 2.32. The van der Waals surface area contributed by atoms with Crippen LogP contribution in [-0.4, -0.2) is 39.0 Å². The third-order valence-electron chi connectivity index (χ3n) is 4.96. The van der Waals surface area contributed by atoms with Gasteiger partial charge in [0.25, 0.3) is 0 Å². The Hall–Kier alpha value is -1.92. The number of aromatic nitrogens is 2. The number of nitrogens with zero attached hydrogens (tertiary/aromatic N) is 4. The summed E-state index contributed by atoms with van der Waals surface area (Å²) < 4.78 is 1.70. The summed E-state index contributed by atoms with van der Waals surface area (Å²) in [5.41, 5.74) is 1.05. The molecule has 0 aliphatic carbocycles. The van der Waals surface area contributed by atoms with Crippen LogP contribution in [0.3, 0.4) is 0 Å². The predicted octanol–water partition coefficient (Wildman–Crippen LogP) is 4.06. The first kappa shape index (κ1) is 17.9. The lowest BCUT2D eigenvalue weighted by molar-refractivity contribution is -0.389. The number of imidazole rings is 1. The Balaban J connectivity index is 1.64. The van der Waals surface area contributed by atoms with Gasteiger partial charge in [-0.3, -0.25) is 4.57 Å². The summed E-state index contributed by atoms with van der Waals surface area (Å²) in [6.07, 6.45) is 3.68. The van der Waals surface area contributed by atoms with Crippen molar-refractivity contribution in [3.63, 3.8) is 0 Å². The predicted molar refractivity (Wildman–Crippen MR) is 98.1 cm³/mol. The zero-order valence-corrected chi connectivity index (χ0v) is 15.3. The highest BCUT2D eigenvalue weighted by atomic mass is 35.5. The van der Waals surface area contributed by atoms with E-state index in [4.69, 9.17) is 11.6 Å². The van der Waals surface area contributed by atoms with Gasteiger partial charge < -0.3 is 15.0 Å². The maximum Gasteiger partial charge on any atom is 0.383 e. The fourth-order valence-corrected chi connectivity index (χ4v) is 4.00. The van der Waals surface area contributed by atoms with Crippen molar-refractivity contribution in [3.05, 3.63) is 57.5 Å². The molecule has 6 nitrogen and oxygen atoms in total. The van der Waals surface area contributed by atoms with E-state index >= 15 is 0 Å². The minimum Gasteiger partial charge on any atom is -0.358 e. The summed E-state index contributed by atoms with van der Waals surface area (Å²) in [4.78, 5) is 16.6. The summed E-state index contributed by atoms with van der Waals surface area (Å²) >= 11 is 6.12. The summed E-state index contributed by atoms with van der Waals surface area (Å²) in [6.45, 7) is 6.87. The maximum atomic E-state index is 10.9. The van der Waals surface area contributed by atoms with Crippen LogP contribution in [0.4, 0.5) is 5.82 Å². The van der Waals surface area contributed by atoms with Gasteiger partial charge in [0.1, 0.15) is 6.20 Å². The first-order valence-electron chi connectivity index (χ1n) is 8.54. The summed E-state index contributed by atoms with van der Waals surface area (Å²) in [5.74, 6) is 0.402. The molecule has 0 spiro atoms. The lowest BCUT2D eigenvalue weighted by atomic mass is 9.89. The quantitative estimate of drug-likeness (QED) is 0.594. The monoisotopic (exact) mass is 362 g/mol. The number of hydrogen-bond acceptors (Lipinski definition) is 4. The molecule has 134 valence electrons. The topological polar surface area (TPSA) is 64.2 Å². The first-order chi connectivity index (χ1) is 11.9. The van der Waals surface area contributed by atoms with Crippen molar-refractivity contribution < 1.29 is 4.92 Å². The molecule has 3 rings (SSSR count). The van der Waals surface area contributed by atoms with Crippen LogP contribution in [0, 0.1) is 10.1 Å². The number of rotatable bonds is 5. The van der Waals surface area contributed by atoms with E-state index in [0.29, 0.717) is 5.92 Å². The Bertz CT molecular complexity index is 737. The van der Waals surface area contributed by atoms with Crippen molar-refractivity contribution in [2.45, 2.75) is 38.1 Å². The normalized spacial score (nSPS) is 16.9. The van der Waals surface area contributed by atoms with E-state index in [-0.39, 0.29) is 16.6 Å². The summed E-state index contributed by atoms with van der Waals surface area (Å²) in [7, 11) is 0. The SMILES string of the molecule is CC(C)(CN1CCC(c2ccccc2)CC1)n1cc([N+](=O)[O-])nc1Cl. The van der Waals surface area contributed by atoms with Gasteiger partial charge in [0.15, 0.2) is 0 Å². The Morgan fingerprint density at radius 1 is 1.28 bits per heavy atom. The van der Waals surface area contributed by atoms with E-state index in [9.17, 15) is 10.1 Å². The van der Waals surface area contributed by atoms with Gasteiger partial charge in [-0.05, 0) is 72.8 Å². The van der Waals surface area contributed by atoms with Crippen LogP contribution in [-0.2, 0) is 5.54 Å². The molecule has 0 N–H and O–H groups in total. The summed E-state index contributed by atoms with van der Waals surface area (Å²) in [6, 6.07) is 10.6. The number of benzene rings is 1. The molecule has 1 aliphatic rings. The van der Waals surface area contributed by atoms with Crippen LogP contribution in [0.5, 0.6) is 0 Å². The molecule has 1 aromatic heterocycles. The number of piperidine rings is 1. The second-order valence-corrected chi connectivity index (χ2v) is 7.61. The van der Waals surface area contributed by atoms with Crippen LogP contribution >= 0.6 is 11.6 Å². The molecule has 2 heterocycles. The third kappa shape index (κ3) is 4.02. The largest absolute Gasteiger partial charge is 0.383 e. The molecule has 0 atom stereocenters. The van der Waals surface area contributed by atoms with E-state index in [1.54, 1.807) is 4.57 Å². The van der Waals surface area contributed by atoms with E-state index in [0.717, 1.165) is 32.5 Å². The zero-order valence-electron chi connectivity index (χ0n) is 14.6. The second-order valence-electron chi connectivity index (χ2n) is 7.27. The van der Waals surface area contributed by atoms with Gasteiger partial charge in [-0.1, -0.05) is 30.3 Å². The van der Waals surface area contributed by atoms with Crippen LogP contribution < -0.4 is 0 Å². The van der Waals surface area contributed by atoms with Gasteiger partial charge in [-0.25, -0.2) is 0 Å². The summed E-state index contributed by atoms with van der Waals surface area (Å²) in [5, 5.41) is 11.1. The van der Waals surface area contributed by atoms with Gasteiger partial charge >= 0.3 is 11.1 Å². The molecule has 7 heteroatoms. The number of hydrogen-bond donors (Lipinski definition) is 0. The van der Waals surface area contributed by atoms with E-state index in [2.05, 4.69) is 40.2 Å². The molecule has 1 fully saturated rings. The zero-order chi connectivity index (χ0) is 18.0. The van der Waals surface area contributed by atoms with Crippen molar-refractivity contribution in [3.8, 4) is 0 Å². The minimum atomic E-state index is -0.510. The standard InChI is InChI=1S/C18H23ClN4O2/c1-18(2,22-12-16(23(24)25)20-17(22)19)13-21-10-8-15(9-11-21)14-6-4-3-5-7-14/h3-7,12,15H,8-11,13H2,1-2H3. The molecule has 0 amide bonds. The number of nitro groups is 1. The Kier molecular flexibility index (Phi) is 5.11. The third-order valence-corrected chi connectivity index (χ3v) is 5.23. The van der Waals surface area contributed by atoms with Crippen LogP contribution in [0.15, 0.2) is 36.5 Å². The fourth-order valence-electron chi connectivity index (χ4n) is 3.63. The van der Waals surface area contributed by atoms with Crippen LogP contribution in [0.1, 0.15) is 38.2 Å². The lowest BCUT2D eigenvalue weighted by Gasteiger charge is -2.37. The molecule has 0 unspecified atom stereocenters. The molecule has 25 heavy (non-hydrogen) atoms. The number of likely N-dealkylation sites (tertiary alicyclic amines) is 1. The molecule has 1 aliphatic heterocycles. The Morgan fingerprint density at radius 3 is 2.48 bits per heavy atom. The van der Waals surface area contributed by atoms with Crippen molar-refractivity contribution in [1.29, 1.82) is 0 Å². The van der Waals surface area contributed by atoms with Crippen molar-refractivity contribution in [2.75, 3.05) is 19.6 Å². The minimum absolute atomic E-state index is 0.163. The molecule has 0 bridgehead atoms. The van der Waals surface area contributed by atoms with Crippen LogP contribution in [0.2, 0.25) is 5.28 Å². The van der Waals surface area contributed by atoms with Crippen molar-refractivity contribution >= 4 is 17.4 Å². The van der Waals surface area contributed by atoms with Crippen molar-refractivity contribution in [1.82, 2.24) is 14.5 Å². The molecular formula is C18H23ClN4O2. The van der Waals surface area contributed by atoms with Gasteiger partial charge in [-0.15, -0.1) is 0 Å². The Labute approximate surface area is 152 Å². The molecule has 1 saturated heterocycles. The number of halogens is 1. The van der Waals surface area contributed by atoms with E-state index in [1.165, 1.54) is 11.8 Å². The highest BCUT2D eigenvalue weighted by molar-refractivity contribution is 6.28. The van der Waals surface area contributed by atoms with Crippen LogP contribution in [0.25, 0.3) is 0 Å². The molecule has 0 saturated carbocycles. The second kappa shape index (κ2) is 7.14. The average molecular weight is 363 g/mol. The van der Waals surface area contributed by atoms with Gasteiger partial charge in [0.2, 0.25) is 0 Å². The van der Waals surface area contributed by atoms with Gasteiger partial charge in [0.05, 0.1) is 5.54 Å². The van der Waals surface area contributed by atoms with Crippen molar-refractivity contribution in [2.24, 2.45) is 0 Å². The molecule has 1 aromatic carbocycles. The Morgan fingerprint density at radius 2 is 1.92 bits per heavy atom. The lowest BCUT2D eigenvalue weighted by Crippen LogP contribution is -2.44. The average Bonchev–Trinajstić information content (AvgIpc) is 2.99. The fraction of sp³-hybridized carbons (Fsp3) is 0.500. The first-order valence-corrected chi connectivity index (χ1v) is 8.92. The van der Waals surface area contributed by atoms with E-state index < -0.39 is 4.92 Å². The molecular weight excluding hydrogens is 340 g/mol. The smallest absolute Gasteiger partial charge is 0.358 e. The van der Waals surface area contributed by atoms with E-state index in [1.807, 2.05) is 13.8 Å². The van der Waals surface area contributed by atoms with Gasteiger partial charge in [0, 0.05) is 6.54 Å². The molecule has 0 radical (unpaired) electrons.